The van der Waals surface area contributed by atoms with Crippen LogP contribution in [0.5, 0.6) is 0 Å². The maximum absolute atomic E-state index is 11.6. The summed E-state index contributed by atoms with van der Waals surface area (Å²) in [5.74, 6) is 2.35. The third kappa shape index (κ3) is 4.62. The molecule has 2 heterocycles. The molecule has 1 aromatic heterocycles. The zero-order chi connectivity index (χ0) is 18.2. The largest absolute Gasteiger partial charge is 0.449 e. The SMILES string of the molecule is CC(C)(C)OC(=O)NC(=O)OCC1C2CN(c3ccc(Br)cn3)CC12. The average Bonchev–Trinajstić information content (AvgIpc) is 2.94. The number of hydrogen-bond acceptors (Lipinski definition) is 6. The molecule has 2 aliphatic rings. The number of piperidine rings is 1. The van der Waals surface area contributed by atoms with Crippen LogP contribution in [0.25, 0.3) is 0 Å². The van der Waals surface area contributed by atoms with Gasteiger partial charge in [-0.1, -0.05) is 0 Å². The number of carbonyl (C=O) groups excluding carboxylic acids is 2. The lowest BCUT2D eigenvalue weighted by Gasteiger charge is -2.21. The maximum atomic E-state index is 11.6. The number of rotatable bonds is 3. The molecule has 2 atom stereocenters. The highest BCUT2D eigenvalue weighted by atomic mass is 79.9. The van der Waals surface area contributed by atoms with E-state index in [0.717, 1.165) is 23.4 Å². The number of hydrogen-bond donors (Lipinski definition) is 1. The summed E-state index contributed by atoms with van der Waals surface area (Å²) in [7, 11) is 0. The van der Waals surface area contributed by atoms with Gasteiger partial charge >= 0.3 is 12.2 Å². The molecule has 1 N–H and O–H groups in total. The first-order valence-corrected chi connectivity index (χ1v) is 9.05. The number of pyridine rings is 1. The Morgan fingerprint density at radius 2 is 1.96 bits per heavy atom. The lowest BCUT2D eigenvalue weighted by Crippen LogP contribution is -2.37. The molecule has 3 rings (SSSR count). The van der Waals surface area contributed by atoms with Crippen LogP contribution in [0, 0.1) is 17.8 Å². The van der Waals surface area contributed by atoms with Crippen molar-refractivity contribution in [1.29, 1.82) is 0 Å². The van der Waals surface area contributed by atoms with Gasteiger partial charge < -0.3 is 14.4 Å². The number of nitrogens with one attached hydrogen (secondary N) is 1. The summed E-state index contributed by atoms with van der Waals surface area (Å²) >= 11 is 3.38. The Labute approximate surface area is 155 Å². The fraction of sp³-hybridized carbons (Fsp3) is 0.588. The van der Waals surface area contributed by atoms with E-state index in [1.54, 1.807) is 27.0 Å². The van der Waals surface area contributed by atoms with Crippen molar-refractivity contribution in [2.24, 2.45) is 17.8 Å². The highest BCUT2D eigenvalue weighted by molar-refractivity contribution is 9.10. The van der Waals surface area contributed by atoms with E-state index in [-0.39, 0.29) is 0 Å². The van der Waals surface area contributed by atoms with Crippen LogP contribution in [-0.2, 0) is 9.47 Å². The fourth-order valence-corrected chi connectivity index (χ4v) is 3.47. The Morgan fingerprint density at radius 3 is 2.52 bits per heavy atom. The molecule has 1 saturated carbocycles. The number of imide groups is 1. The highest BCUT2D eigenvalue weighted by Crippen LogP contribution is 2.52. The Morgan fingerprint density at radius 1 is 1.28 bits per heavy atom. The second kappa shape index (κ2) is 6.82. The van der Waals surface area contributed by atoms with Gasteiger partial charge in [-0.15, -0.1) is 0 Å². The van der Waals surface area contributed by atoms with E-state index < -0.39 is 17.8 Å². The van der Waals surface area contributed by atoms with Crippen molar-refractivity contribution in [2.45, 2.75) is 26.4 Å². The molecule has 0 spiro atoms. The van der Waals surface area contributed by atoms with Gasteiger partial charge in [-0.3, -0.25) is 0 Å². The first-order chi connectivity index (χ1) is 11.7. The van der Waals surface area contributed by atoms with Crippen molar-refractivity contribution >= 4 is 33.9 Å². The third-order valence-corrected chi connectivity index (χ3v) is 4.89. The standard InChI is InChI=1S/C17H22BrN3O4/c1-17(2,3)25-16(23)20-15(22)24-9-13-11-7-21(8-12(11)13)14-5-4-10(18)6-19-14/h4-6,11-13H,7-9H2,1-3H3,(H,20,22,23). The number of alkyl carbamates (subject to hydrolysis) is 2. The lowest BCUT2D eigenvalue weighted by atomic mass is 10.2. The monoisotopic (exact) mass is 411 g/mol. The molecule has 0 aromatic carbocycles. The predicted molar refractivity (Wildman–Crippen MR) is 95.3 cm³/mol. The molecule has 1 aliphatic heterocycles. The summed E-state index contributed by atoms with van der Waals surface area (Å²) in [4.78, 5) is 29.8. The number of halogens is 1. The van der Waals surface area contributed by atoms with Gasteiger partial charge in [0, 0.05) is 29.7 Å². The van der Waals surface area contributed by atoms with Crippen LogP contribution in [0.2, 0.25) is 0 Å². The van der Waals surface area contributed by atoms with E-state index in [2.05, 4.69) is 31.1 Å². The third-order valence-electron chi connectivity index (χ3n) is 4.42. The lowest BCUT2D eigenvalue weighted by molar-refractivity contribution is 0.0506. The van der Waals surface area contributed by atoms with E-state index in [1.807, 2.05) is 12.1 Å². The molecule has 7 nitrogen and oxygen atoms in total. The minimum Gasteiger partial charge on any atom is -0.449 e. The van der Waals surface area contributed by atoms with Gasteiger partial charge in [-0.2, -0.15) is 0 Å². The topological polar surface area (TPSA) is 80.8 Å². The van der Waals surface area contributed by atoms with E-state index in [9.17, 15) is 9.59 Å². The summed E-state index contributed by atoms with van der Waals surface area (Å²) in [5.41, 5.74) is -0.650. The summed E-state index contributed by atoms with van der Waals surface area (Å²) in [6.07, 6.45) is 0.243. The van der Waals surface area contributed by atoms with Crippen LogP contribution in [0.3, 0.4) is 0 Å². The molecule has 1 saturated heterocycles. The summed E-state index contributed by atoms with van der Waals surface area (Å²) < 4.78 is 11.1. The van der Waals surface area contributed by atoms with Gasteiger partial charge in [0.15, 0.2) is 0 Å². The molecule has 2 unspecified atom stereocenters. The number of carbonyl (C=O) groups is 2. The Balaban J connectivity index is 1.38. The molecule has 25 heavy (non-hydrogen) atoms. The van der Waals surface area contributed by atoms with Gasteiger partial charge in [-0.25, -0.2) is 19.9 Å². The number of ether oxygens (including phenoxy) is 2. The quantitative estimate of drug-likeness (QED) is 0.822. The van der Waals surface area contributed by atoms with Gasteiger partial charge in [-0.05, 0) is 60.7 Å². The van der Waals surface area contributed by atoms with Crippen LogP contribution < -0.4 is 10.2 Å². The van der Waals surface area contributed by atoms with Crippen LogP contribution in [0.15, 0.2) is 22.8 Å². The predicted octanol–water partition coefficient (Wildman–Crippen LogP) is 3.19. The minimum absolute atomic E-state index is 0.325. The number of amides is 2. The molecule has 8 heteroatoms. The average molecular weight is 412 g/mol. The van der Waals surface area contributed by atoms with E-state index in [0.29, 0.717) is 24.4 Å². The van der Waals surface area contributed by atoms with Crippen LogP contribution >= 0.6 is 15.9 Å². The van der Waals surface area contributed by atoms with Gasteiger partial charge in [0.1, 0.15) is 11.4 Å². The second-order valence-corrected chi connectivity index (χ2v) is 8.37. The van der Waals surface area contributed by atoms with Crippen molar-refractivity contribution in [2.75, 3.05) is 24.6 Å². The van der Waals surface area contributed by atoms with E-state index in [1.165, 1.54) is 0 Å². The molecule has 1 aliphatic carbocycles. The molecule has 0 bridgehead atoms. The smallest absolute Gasteiger partial charge is 0.417 e. The normalized spacial score (nSPS) is 24.5. The summed E-state index contributed by atoms with van der Waals surface area (Å²) in [5, 5.41) is 2.08. The first-order valence-electron chi connectivity index (χ1n) is 8.26. The summed E-state index contributed by atoms with van der Waals surface area (Å²) in [6.45, 7) is 7.35. The summed E-state index contributed by atoms with van der Waals surface area (Å²) in [6, 6.07) is 3.97. The van der Waals surface area contributed by atoms with Crippen molar-refractivity contribution in [1.82, 2.24) is 10.3 Å². The van der Waals surface area contributed by atoms with E-state index in [4.69, 9.17) is 9.47 Å². The van der Waals surface area contributed by atoms with Crippen molar-refractivity contribution < 1.29 is 19.1 Å². The molecular formula is C17H22BrN3O4. The Hall–Kier alpha value is -1.83. The number of nitrogens with zero attached hydrogens (tertiary/aromatic N) is 2. The molecular weight excluding hydrogens is 390 g/mol. The maximum Gasteiger partial charge on any atom is 0.417 e. The van der Waals surface area contributed by atoms with E-state index >= 15 is 0 Å². The Kier molecular flexibility index (Phi) is 4.90. The zero-order valence-electron chi connectivity index (χ0n) is 14.5. The van der Waals surface area contributed by atoms with Crippen molar-refractivity contribution in [3.8, 4) is 0 Å². The van der Waals surface area contributed by atoms with Crippen LogP contribution in [0.4, 0.5) is 15.4 Å². The van der Waals surface area contributed by atoms with Crippen LogP contribution in [0.1, 0.15) is 20.8 Å². The first kappa shape index (κ1) is 18.0. The van der Waals surface area contributed by atoms with Crippen LogP contribution in [-0.4, -0.2) is 42.5 Å². The zero-order valence-corrected chi connectivity index (χ0v) is 16.1. The number of fused-ring (bicyclic) bond motifs is 1. The highest BCUT2D eigenvalue weighted by Gasteiger charge is 2.56. The number of aromatic nitrogens is 1. The van der Waals surface area contributed by atoms with Crippen molar-refractivity contribution in [3.63, 3.8) is 0 Å². The minimum atomic E-state index is -0.791. The van der Waals surface area contributed by atoms with Gasteiger partial charge in [0.25, 0.3) is 0 Å². The fourth-order valence-electron chi connectivity index (χ4n) is 3.23. The molecule has 1 aromatic rings. The van der Waals surface area contributed by atoms with Gasteiger partial charge in [0.2, 0.25) is 0 Å². The number of anilines is 1. The molecule has 2 fully saturated rings. The molecule has 136 valence electrons. The molecule has 2 amide bonds. The Bertz CT molecular complexity index is 647. The second-order valence-electron chi connectivity index (χ2n) is 7.46. The van der Waals surface area contributed by atoms with Gasteiger partial charge in [0.05, 0.1) is 6.61 Å². The molecule has 0 radical (unpaired) electrons. The van der Waals surface area contributed by atoms with Crippen molar-refractivity contribution in [3.05, 3.63) is 22.8 Å².